The average Bonchev–Trinajstić information content (AvgIpc) is 2.91. The molecule has 0 fully saturated rings. The predicted molar refractivity (Wildman–Crippen MR) is 95.5 cm³/mol. The molecule has 1 aliphatic heterocycles. The van der Waals surface area contributed by atoms with Gasteiger partial charge >= 0.3 is 0 Å². The number of fused-ring (bicyclic) bond motifs is 1. The molecule has 0 radical (unpaired) electrons. The summed E-state index contributed by atoms with van der Waals surface area (Å²) in [6.07, 6.45) is 0. The first-order valence-electron chi connectivity index (χ1n) is 7.91. The summed E-state index contributed by atoms with van der Waals surface area (Å²) in [4.78, 5) is 47.7. The van der Waals surface area contributed by atoms with Crippen LogP contribution in [0.25, 0.3) is 0 Å². The Morgan fingerprint density at radius 3 is 2.15 bits per heavy atom. The number of rotatable bonds is 5. The van der Waals surface area contributed by atoms with Gasteiger partial charge in [0.25, 0.3) is 23.4 Å². The molecule has 136 valence electrons. The molecule has 0 aliphatic carbocycles. The van der Waals surface area contributed by atoms with Gasteiger partial charge < -0.3 is 0 Å². The second-order valence-electron chi connectivity index (χ2n) is 5.83. The molecule has 27 heavy (non-hydrogen) atoms. The Morgan fingerprint density at radius 1 is 1.07 bits per heavy atom. The fourth-order valence-corrected chi connectivity index (χ4v) is 2.59. The van der Waals surface area contributed by atoms with Gasteiger partial charge in [0.15, 0.2) is 0 Å². The Bertz CT molecular complexity index is 947. The van der Waals surface area contributed by atoms with E-state index in [0.717, 1.165) is 4.90 Å². The van der Waals surface area contributed by atoms with E-state index in [1.165, 1.54) is 24.3 Å². The van der Waals surface area contributed by atoms with E-state index in [0.29, 0.717) is 16.8 Å². The number of hydrogen-bond donors (Lipinski definition) is 1. The third-order valence-corrected chi connectivity index (χ3v) is 3.95. The molecule has 3 amide bonds. The van der Waals surface area contributed by atoms with Crippen molar-refractivity contribution in [3.63, 3.8) is 0 Å². The first-order chi connectivity index (χ1) is 12.9. The van der Waals surface area contributed by atoms with Crippen LogP contribution in [-0.2, 0) is 0 Å². The maximum atomic E-state index is 12.3. The van der Waals surface area contributed by atoms with E-state index in [2.05, 4.69) is 10.5 Å². The van der Waals surface area contributed by atoms with Crippen LogP contribution in [0.5, 0.6) is 0 Å². The van der Waals surface area contributed by atoms with Gasteiger partial charge in [0.05, 0.1) is 28.3 Å². The fourth-order valence-electron chi connectivity index (χ4n) is 2.59. The van der Waals surface area contributed by atoms with Gasteiger partial charge in [-0.3, -0.25) is 29.4 Å². The van der Waals surface area contributed by atoms with Crippen molar-refractivity contribution in [1.82, 2.24) is 10.3 Å². The Hall–Kier alpha value is -3.88. The van der Waals surface area contributed by atoms with Crippen LogP contribution in [0.15, 0.2) is 53.6 Å². The van der Waals surface area contributed by atoms with Gasteiger partial charge in [-0.15, -0.1) is 0 Å². The summed E-state index contributed by atoms with van der Waals surface area (Å²) >= 11 is 0. The number of hydrazone groups is 1. The van der Waals surface area contributed by atoms with E-state index in [1.807, 2.05) is 0 Å². The van der Waals surface area contributed by atoms with Crippen molar-refractivity contribution in [2.75, 3.05) is 6.54 Å². The number of carbonyl (C=O) groups excluding carboxylic acids is 3. The molecule has 9 heteroatoms. The van der Waals surface area contributed by atoms with Crippen LogP contribution in [0.3, 0.4) is 0 Å². The van der Waals surface area contributed by atoms with Crippen molar-refractivity contribution in [1.29, 1.82) is 0 Å². The van der Waals surface area contributed by atoms with Crippen molar-refractivity contribution in [2.24, 2.45) is 5.10 Å². The number of nitro benzene ring substituents is 1. The molecule has 0 saturated heterocycles. The molecule has 0 saturated carbocycles. The summed E-state index contributed by atoms with van der Waals surface area (Å²) in [5.41, 5.74) is 3.39. The number of nitro groups is 1. The highest BCUT2D eigenvalue weighted by molar-refractivity contribution is 6.22. The van der Waals surface area contributed by atoms with E-state index in [-0.39, 0.29) is 17.8 Å². The summed E-state index contributed by atoms with van der Waals surface area (Å²) in [5.74, 6) is -1.38. The Balaban J connectivity index is 1.65. The van der Waals surface area contributed by atoms with Crippen LogP contribution in [0.2, 0.25) is 0 Å². The van der Waals surface area contributed by atoms with Gasteiger partial charge in [-0.05, 0) is 31.2 Å². The number of carbonyl (C=O) groups is 3. The van der Waals surface area contributed by atoms with Crippen molar-refractivity contribution in [3.05, 3.63) is 75.3 Å². The molecule has 0 atom stereocenters. The molecule has 0 unspecified atom stereocenters. The highest BCUT2D eigenvalue weighted by Crippen LogP contribution is 2.22. The lowest BCUT2D eigenvalue weighted by atomic mass is 10.1. The second-order valence-corrected chi connectivity index (χ2v) is 5.83. The molecular weight excluding hydrogens is 352 g/mol. The molecule has 1 heterocycles. The molecule has 1 N–H and O–H groups in total. The highest BCUT2D eigenvalue weighted by atomic mass is 16.6. The summed E-state index contributed by atoms with van der Waals surface area (Å²) in [7, 11) is 0. The quantitative estimate of drug-likeness (QED) is 0.375. The molecule has 2 aromatic rings. The van der Waals surface area contributed by atoms with E-state index >= 15 is 0 Å². The molecule has 2 aromatic carbocycles. The minimum Gasteiger partial charge on any atom is -0.269 e. The third-order valence-electron chi connectivity index (χ3n) is 3.95. The smallest absolute Gasteiger partial charge is 0.269 e. The zero-order valence-electron chi connectivity index (χ0n) is 14.2. The Labute approximate surface area is 153 Å². The number of benzene rings is 2. The molecule has 3 rings (SSSR count). The predicted octanol–water partition coefficient (Wildman–Crippen LogP) is 2.00. The largest absolute Gasteiger partial charge is 0.271 e. The average molecular weight is 366 g/mol. The number of imide groups is 1. The van der Waals surface area contributed by atoms with E-state index in [9.17, 15) is 24.5 Å². The summed E-state index contributed by atoms with van der Waals surface area (Å²) in [5, 5.41) is 14.5. The lowest BCUT2D eigenvalue weighted by Gasteiger charge is -2.13. The maximum absolute atomic E-state index is 12.3. The van der Waals surface area contributed by atoms with Crippen LogP contribution in [0.4, 0.5) is 5.69 Å². The third kappa shape index (κ3) is 3.56. The molecule has 1 aliphatic rings. The van der Waals surface area contributed by atoms with Gasteiger partial charge in [0, 0.05) is 17.7 Å². The van der Waals surface area contributed by atoms with Gasteiger partial charge in [0.2, 0.25) is 0 Å². The number of non-ortho nitro benzene ring substituents is 1. The van der Waals surface area contributed by atoms with Crippen LogP contribution in [0, 0.1) is 10.1 Å². The van der Waals surface area contributed by atoms with Gasteiger partial charge in [-0.2, -0.15) is 5.10 Å². The summed E-state index contributed by atoms with van der Waals surface area (Å²) in [6, 6.07) is 11.6. The standard InChI is InChI=1S/C18H14N4O5/c1-11(10-21-17(24)14-4-2-3-5-15(14)18(21)25)19-20-16(23)12-6-8-13(9-7-12)22(26)27/h2-9H,10H2,1H3,(H,20,23)/b19-11-. The number of nitrogens with one attached hydrogen (secondary N) is 1. The maximum Gasteiger partial charge on any atom is 0.271 e. The minimum absolute atomic E-state index is 0.0626. The fraction of sp³-hybridized carbons (Fsp3) is 0.111. The topological polar surface area (TPSA) is 122 Å². The summed E-state index contributed by atoms with van der Waals surface area (Å²) in [6.45, 7) is 1.51. The normalized spacial score (nSPS) is 13.5. The van der Waals surface area contributed by atoms with Crippen LogP contribution in [0.1, 0.15) is 38.0 Å². The zero-order valence-corrected chi connectivity index (χ0v) is 14.2. The minimum atomic E-state index is -0.563. The number of hydrogen-bond acceptors (Lipinski definition) is 6. The molecule has 0 spiro atoms. The second kappa shape index (κ2) is 7.16. The van der Waals surface area contributed by atoms with Crippen molar-refractivity contribution >= 4 is 29.1 Å². The molecular formula is C18H14N4O5. The first-order valence-corrected chi connectivity index (χ1v) is 7.91. The zero-order chi connectivity index (χ0) is 19.6. The van der Waals surface area contributed by atoms with Crippen molar-refractivity contribution in [3.8, 4) is 0 Å². The first kappa shape index (κ1) is 17.9. The van der Waals surface area contributed by atoms with Crippen LogP contribution < -0.4 is 5.43 Å². The number of nitrogens with zero attached hydrogens (tertiary/aromatic N) is 3. The van der Waals surface area contributed by atoms with Crippen LogP contribution in [-0.4, -0.2) is 39.8 Å². The molecule has 0 bridgehead atoms. The molecule has 0 aromatic heterocycles. The van der Waals surface area contributed by atoms with Crippen LogP contribution >= 0.6 is 0 Å². The lowest BCUT2D eigenvalue weighted by Crippen LogP contribution is -2.35. The van der Waals surface area contributed by atoms with E-state index in [1.54, 1.807) is 31.2 Å². The lowest BCUT2D eigenvalue weighted by molar-refractivity contribution is -0.384. The van der Waals surface area contributed by atoms with Gasteiger partial charge in [-0.25, -0.2) is 5.43 Å². The SMILES string of the molecule is C/C(CN1C(=O)c2ccccc2C1=O)=N/NC(=O)c1ccc([N+](=O)[O-])cc1. The van der Waals surface area contributed by atoms with E-state index in [4.69, 9.17) is 0 Å². The van der Waals surface area contributed by atoms with Crippen molar-refractivity contribution < 1.29 is 19.3 Å². The molecule has 9 nitrogen and oxygen atoms in total. The number of amides is 3. The van der Waals surface area contributed by atoms with Gasteiger partial charge in [0.1, 0.15) is 0 Å². The van der Waals surface area contributed by atoms with Gasteiger partial charge in [-0.1, -0.05) is 12.1 Å². The van der Waals surface area contributed by atoms with Crippen molar-refractivity contribution in [2.45, 2.75) is 6.92 Å². The Kier molecular flexibility index (Phi) is 4.75. The Morgan fingerprint density at radius 2 is 1.63 bits per heavy atom. The van der Waals surface area contributed by atoms with E-state index < -0.39 is 22.6 Å². The summed E-state index contributed by atoms with van der Waals surface area (Å²) < 4.78 is 0. The monoisotopic (exact) mass is 366 g/mol. The highest BCUT2D eigenvalue weighted by Gasteiger charge is 2.35.